The lowest BCUT2D eigenvalue weighted by atomic mass is 10.4. The van der Waals surface area contributed by atoms with Crippen molar-refractivity contribution in [1.82, 2.24) is 0 Å². The Balaban J connectivity index is 2.41. The number of hydrogen-bond donors (Lipinski definition) is 0. The van der Waals surface area contributed by atoms with Crippen LogP contribution in [0.4, 0.5) is 0 Å². The van der Waals surface area contributed by atoms with E-state index in [0.29, 0.717) is 6.61 Å². The van der Waals surface area contributed by atoms with Crippen LogP contribution in [0.15, 0.2) is 0 Å². The zero-order valence-electron chi connectivity index (χ0n) is 6.45. The molecule has 0 amide bonds. The molecule has 1 heterocycles. The van der Waals surface area contributed by atoms with E-state index in [1.807, 2.05) is 0 Å². The predicted octanol–water partition coefficient (Wildman–Crippen LogP) is -0.206. The second kappa shape index (κ2) is 3.51. The molecular formula is C6H12O4S. The van der Waals surface area contributed by atoms with Crippen LogP contribution in [0.2, 0.25) is 0 Å². The van der Waals surface area contributed by atoms with Gasteiger partial charge in [-0.1, -0.05) is 6.92 Å². The molecule has 5 heteroatoms. The zero-order valence-corrected chi connectivity index (χ0v) is 7.26. The first-order chi connectivity index (χ1) is 5.14. The highest BCUT2D eigenvalue weighted by Gasteiger charge is 2.22. The molecule has 0 aromatic carbocycles. The molecule has 0 N–H and O–H groups in total. The van der Waals surface area contributed by atoms with Crippen molar-refractivity contribution in [3.8, 4) is 0 Å². The molecule has 1 aliphatic rings. The summed E-state index contributed by atoms with van der Waals surface area (Å²) in [7, 11) is -2.91. The van der Waals surface area contributed by atoms with Gasteiger partial charge in [-0.25, -0.2) is 8.42 Å². The molecule has 1 saturated heterocycles. The van der Waals surface area contributed by atoms with Gasteiger partial charge in [0, 0.05) is 5.75 Å². The van der Waals surface area contributed by atoms with Crippen LogP contribution < -0.4 is 0 Å². The van der Waals surface area contributed by atoms with Crippen LogP contribution in [-0.2, 0) is 19.3 Å². The van der Waals surface area contributed by atoms with E-state index in [0.717, 1.165) is 0 Å². The maximum Gasteiger partial charge on any atom is 0.152 e. The lowest BCUT2D eigenvalue weighted by Gasteiger charge is -2.05. The molecule has 11 heavy (non-hydrogen) atoms. The summed E-state index contributed by atoms with van der Waals surface area (Å²) in [5.41, 5.74) is 0. The van der Waals surface area contributed by atoms with Crippen molar-refractivity contribution in [3.05, 3.63) is 0 Å². The Kier molecular flexibility index (Phi) is 2.86. The second-order valence-electron chi connectivity index (χ2n) is 2.48. The lowest BCUT2D eigenvalue weighted by Crippen LogP contribution is -2.23. The smallest absolute Gasteiger partial charge is 0.152 e. The highest BCUT2D eigenvalue weighted by molar-refractivity contribution is 7.91. The van der Waals surface area contributed by atoms with Crippen molar-refractivity contribution < 1.29 is 17.9 Å². The van der Waals surface area contributed by atoms with E-state index in [-0.39, 0.29) is 24.4 Å². The fourth-order valence-corrected chi connectivity index (χ4v) is 1.86. The number of rotatable bonds is 3. The first-order valence-electron chi connectivity index (χ1n) is 3.54. The second-order valence-corrected chi connectivity index (χ2v) is 4.87. The summed E-state index contributed by atoms with van der Waals surface area (Å²) >= 11 is 0. The summed E-state index contributed by atoms with van der Waals surface area (Å²) in [6.07, 6.45) is -0.250. The molecule has 4 nitrogen and oxygen atoms in total. The minimum Gasteiger partial charge on any atom is -0.353 e. The van der Waals surface area contributed by atoms with Gasteiger partial charge in [0.2, 0.25) is 0 Å². The summed E-state index contributed by atoms with van der Waals surface area (Å²) in [5, 5.41) is 0. The third-order valence-electron chi connectivity index (χ3n) is 1.57. The summed E-state index contributed by atoms with van der Waals surface area (Å²) in [5.74, 6) is 0.260. The molecule has 0 saturated carbocycles. The van der Waals surface area contributed by atoms with Crippen LogP contribution in [0.25, 0.3) is 0 Å². The third kappa shape index (κ3) is 2.76. The molecule has 0 spiro atoms. The standard InChI is InChI=1S/C6H12O4S/c1-2-11(7,8)4-6-3-9-5-10-6/h6H,2-5H2,1H3. The van der Waals surface area contributed by atoms with Crippen molar-refractivity contribution in [3.63, 3.8) is 0 Å². The first kappa shape index (κ1) is 8.96. The summed E-state index contributed by atoms with van der Waals surface area (Å²) in [4.78, 5) is 0. The van der Waals surface area contributed by atoms with E-state index < -0.39 is 9.84 Å². The van der Waals surface area contributed by atoms with Crippen LogP contribution in [-0.4, -0.2) is 39.4 Å². The number of sulfone groups is 1. The summed E-state index contributed by atoms with van der Waals surface area (Å²) in [6.45, 7) is 2.26. The van der Waals surface area contributed by atoms with Gasteiger partial charge >= 0.3 is 0 Å². The Labute approximate surface area is 66.4 Å². The van der Waals surface area contributed by atoms with Crippen LogP contribution in [0.5, 0.6) is 0 Å². The zero-order chi connectivity index (χ0) is 8.32. The van der Waals surface area contributed by atoms with E-state index in [1.54, 1.807) is 6.92 Å². The Hall–Kier alpha value is -0.130. The van der Waals surface area contributed by atoms with Crippen molar-refractivity contribution >= 4 is 9.84 Å². The van der Waals surface area contributed by atoms with Gasteiger partial charge in [0.05, 0.1) is 18.5 Å². The predicted molar refractivity (Wildman–Crippen MR) is 40.0 cm³/mol. The van der Waals surface area contributed by atoms with Gasteiger partial charge in [0.25, 0.3) is 0 Å². The van der Waals surface area contributed by atoms with Gasteiger partial charge in [-0.05, 0) is 0 Å². The average Bonchev–Trinajstić information content (AvgIpc) is 2.39. The summed E-state index contributed by atoms with van der Waals surface area (Å²) in [6, 6.07) is 0. The monoisotopic (exact) mass is 180 g/mol. The highest BCUT2D eigenvalue weighted by Crippen LogP contribution is 2.06. The van der Waals surface area contributed by atoms with E-state index >= 15 is 0 Å². The highest BCUT2D eigenvalue weighted by atomic mass is 32.2. The third-order valence-corrected chi connectivity index (χ3v) is 3.33. The largest absolute Gasteiger partial charge is 0.353 e. The van der Waals surface area contributed by atoms with Crippen LogP contribution >= 0.6 is 0 Å². The molecule has 1 fully saturated rings. The molecular weight excluding hydrogens is 168 g/mol. The average molecular weight is 180 g/mol. The topological polar surface area (TPSA) is 52.6 Å². The molecule has 0 radical (unpaired) electrons. The van der Waals surface area contributed by atoms with Gasteiger partial charge in [-0.3, -0.25) is 0 Å². The lowest BCUT2D eigenvalue weighted by molar-refractivity contribution is 0.0521. The van der Waals surface area contributed by atoms with Gasteiger partial charge in [-0.2, -0.15) is 0 Å². The van der Waals surface area contributed by atoms with Crippen LogP contribution in [0.3, 0.4) is 0 Å². The minimum atomic E-state index is -2.91. The van der Waals surface area contributed by atoms with Crippen molar-refractivity contribution in [1.29, 1.82) is 0 Å². The molecule has 0 aromatic heterocycles. The number of hydrogen-bond acceptors (Lipinski definition) is 4. The fourth-order valence-electron chi connectivity index (χ4n) is 0.869. The maximum atomic E-state index is 11.0. The van der Waals surface area contributed by atoms with Gasteiger partial charge < -0.3 is 9.47 Å². The first-order valence-corrected chi connectivity index (χ1v) is 5.36. The minimum absolute atomic E-state index is 0.0868. The van der Waals surface area contributed by atoms with Gasteiger partial charge in [0.15, 0.2) is 9.84 Å². The Morgan fingerprint density at radius 2 is 2.27 bits per heavy atom. The van der Waals surface area contributed by atoms with Crippen molar-refractivity contribution in [2.45, 2.75) is 13.0 Å². The van der Waals surface area contributed by atoms with E-state index in [2.05, 4.69) is 0 Å². The van der Waals surface area contributed by atoms with Crippen LogP contribution in [0, 0.1) is 0 Å². The fraction of sp³-hybridized carbons (Fsp3) is 1.00. The van der Waals surface area contributed by atoms with Crippen molar-refractivity contribution in [2.24, 2.45) is 0 Å². The molecule has 0 aromatic rings. The Morgan fingerprint density at radius 1 is 1.55 bits per heavy atom. The quantitative estimate of drug-likeness (QED) is 0.603. The molecule has 1 atom stereocenters. The molecule has 1 unspecified atom stereocenters. The molecule has 1 aliphatic heterocycles. The Bertz CT molecular complexity index is 203. The van der Waals surface area contributed by atoms with Crippen molar-refractivity contribution in [2.75, 3.05) is 24.9 Å². The summed E-state index contributed by atoms with van der Waals surface area (Å²) < 4.78 is 31.9. The maximum absolute atomic E-state index is 11.0. The van der Waals surface area contributed by atoms with E-state index in [4.69, 9.17) is 9.47 Å². The van der Waals surface area contributed by atoms with Gasteiger partial charge in [0.1, 0.15) is 6.79 Å². The molecule has 0 bridgehead atoms. The molecule has 1 rings (SSSR count). The molecule has 0 aliphatic carbocycles. The number of ether oxygens (including phenoxy) is 2. The van der Waals surface area contributed by atoms with E-state index in [9.17, 15) is 8.42 Å². The van der Waals surface area contributed by atoms with Crippen LogP contribution in [0.1, 0.15) is 6.92 Å². The SMILES string of the molecule is CCS(=O)(=O)CC1COCO1. The Morgan fingerprint density at radius 3 is 2.73 bits per heavy atom. The normalized spacial score (nSPS) is 25.7. The van der Waals surface area contributed by atoms with Gasteiger partial charge in [-0.15, -0.1) is 0 Å². The molecule has 66 valence electrons. The van der Waals surface area contributed by atoms with E-state index in [1.165, 1.54) is 0 Å².